The molecule has 14 heavy (non-hydrogen) atoms. The molecule has 2 nitrogen and oxygen atoms in total. The summed E-state index contributed by atoms with van der Waals surface area (Å²) >= 11 is 18.5. The van der Waals surface area contributed by atoms with E-state index in [1.165, 1.54) is 6.92 Å². The Bertz CT molecular complexity index is 317. The van der Waals surface area contributed by atoms with Gasteiger partial charge >= 0.3 is 5.97 Å². The number of allylic oxidation sites excluding steroid dienone is 1. The van der Waals surface area contributed by atoms with Crippen molar-refractivity contribution in [2.45, 2.75) is 34.6 Å². The van der Waals surface area contributed by atoms with Crippen molar-refractivity contribution >= 4 is 40.8 Å². The number of carbonyl (C=O) groups excluding carboxylic acids is 1. The van der Waals surface area contributed by atoms with E-state index in [0.29, 0.717) is 6.42 Å². The minimum absolute atomic E-state index is 0.363. The first-order valence-electron chi connectivity index (χ1n) is 4.28. The van der Waals surface area contributed by atoms with Gasteiger partial charge in [-0.25, -0.2) is 0 Å². The van der Waals surface area contributed by atoms with Crippen LogP contribution in [0.25, 0.3) is 0 Å². The van der Waals surface area contributed by atoms with E-state index in [1.54, 1.807) is 6.08 Å². The first-order chi connectivity index (χ1) is 6.43. The fourth-order valence-corrected chi connectivity index (χ4v) is 3.44. The van der Waals surface area contributed by atoms with Crippen LogP contribution in [0.1, 0.15) is 13.3 Å². The molecule has 0 saturated heterocycles. The number of hydrogen-bond donors (Lipinski definition) is 0. The fraction of sp³-hybridized carbons (Fsp3) is 0.667. The summed E-state index contributed by atoms with van der Waals surface area (Å²) in [6.07, 6.45) is 3.70. The zero-order chi connectivity index (χ0) is 10.6. The summed E-state index contributed by atoms with van der Waals surface area (Å²) in [6, 6.07) is 0. The van der Waals surface area contributed by atoms with Crippen LogP contribution in [0, 0.1) is 0 Å². The molecule has 0 spiro atoms. The van der Waals surface area contributed by atoms with Crippen molar-refractivity contribution in [1.29, 1.82) is 0 Å². The maximum atomic E-state index is 10.8. The van der Waals surface area contributed by atoms with Gasteiger partial charge in [0.15, 0.2) is 0 Å². The summed E-state index contributed by atoms with van der Waals surface area (Å²) in [5, 5.41) is -0.363. The number of rotatable bonds is 1. The Morgan fingerprint density at radius 3 is 2.79 bits per heavy atom. The van der Waals surface area contributed by atoms with Gasteiger partial charge in [-0.2, -0.15) is 0 Å². The number of esters is 1. The molecule has 0 aromatic rings. The van der Waals surface area contributed by atoms with E-state index in [4.69, 9.17) is 39.5 Å². The maximum Gasteiger partial charge on any atom is 0.303 e. The lowest BCUT2D eigenvalue weighted by atomic mass is 10.0. The van der Waals surface area contributed by atoms with Crippen LogP contribution in [0.5, 0.6) is 0 Å². The van der Waals surface area contributed by atoms with Gasteiger partial charge in [-0.15, -0.1) is 34.8 Å². The monoisotopic (exact) mass is 254 g/mol. The second-order valence-corrected chi connectivity index (χ2v) is 5.39. The molecule has 2 aliphatic carbocycles. The van der Waals surface area contributed by atoms with Gasteiger partial charge in [-0.05, 0) is 12.5 Å². The molecule has 4 atom stereocenters. The summed E-state index contributed by atoms with van der Waals surface area (Å²) in [6.45, 7) is 1.34. The van der Waals surface area contributed by atoms with Crippen molar-refractivity contribution in [1.82, 2.24) is 0 Å². The first kappa shape index (κ1) is 10.6. The van der Waals surface area contributed by atoms with E-state index < -0.39 is 15.9 Å². The predicted molar refractivity (Wildman–Crippen MR) is 56.1 cm³/mol. The molecule has 1 fully saturated rings. The van der Waals surface area contributed by atoms with E-state index in [1.807, 2.05) is 6.08 Å². The molecule has 2 rings (SSSR count). The number of halogens is 3. The third kappa shape index (κ3) is 1.14. The molecule has 1 saturated carbocycles. The number of alkyl halides is 3. The zero-order valence-electron chi connectivity index (χ0n) is 7.47. The van der Waals surface area contributed by atoms with Gasteiger partial charge in [0.05, 0.1) is 10.3 Å². The zero-order valence-corrected chi connectivity index (χ0v) is 9.73. The summed E-state index contributed by atoms with van der Waals surface area (Å²) in [7, 11) is 0. The van der Waals surface area contributed by atoms with E-state index in [2.05, 4.69) is 0 Å². The molecule has 0 amide bonds. The minimum Gasteiger partial charge on any atom is -0.456 e. The van der Waals surface area contributed by atoms with Crippen LogP contribution >= 0.6 is 34.8 Å². The van der Waals surface area contributed by atoms with Gasteiger partial charge in [0.2, 0.25) is 0 Å². The van der Waals surface area contributed by atoms with Gasteiger partial charge in [0.1, 0.15) is 11.0 Å². The lowest BCUT2D eigenvalue weighted by Gasteiger charge is -2.24. The van der Waals surface area contributed by atoms with Crippen LogP contribution in [0.4, 0.5) is 0 Å². The number of fused-ring (bicyclic) bond motifs is 1. The molecule has 0 heterocycles. The predicted octanol–water partition coefficient (Wildman–Crippen LogP) is 2.45. The van der Waals surface area contributed by atoms with E-state index in [9.17, 15) is 4.79 Å². The summed E-state index contributed by atoms with van der Waals surface area (Å²) in [4.78, 5) is 9.33. The van der Waals surface area contributed by atoms with Gasteiger partial charge in [-0.3, -0.25) is 4.79 Å². The van der Waals surface area contributed by atoms with Crippen LogP contribution in [-0.2, 0) is 9.53 Å². The molecule has 0 radical (unpaired) electrons. The molecule has 0 bridgehead atoms. The Hall–Kier alpha value is 0.0800. The van der Waals surface area contributed by atoms with Crippen LogP contribution in [0.2, 0.25) is 0 Å². The number of hydrogen-bond acceptors (Lipinski definition) is 2. The molecular formula is C9H9Cl3O2. The van der Waals surface area contributed by atoms with E-state index in [0.717, 1.165) is 0 Å². The van der Waals surface area contributed by atoms with E-state index >= 15 is 0 Å². The smallest absolute Gasteiger partial charge is 0.303 e. The van der Waals surface area contributed by atoms with Gasteiger partial charge in [-0.1, -0.05) is 6.08 Å². The minimum atomic E-state index is -0.837. The average Bonchev–Trinajstić information content (AvgIpc) is 2.53. The second-order valence-electron chi connectivity index (χ2n) is 3.66. The van der Waals surface area contributed by atoms with Crippen molar-refractivity contribution < 1.29 is 9.53 Å². The quantitative estimate of drug-likeness (QED) is 0.409. The topological polar surface area (TPSA) is 26.3 Å². The molecule has 0 N–H and O–H groups in total. The van der Waals surface area contributed by atoms with Gasteiger partial charge < -0.3 is 4.74 Å². The highest BCUT2D eigenvalue weighted by Crippen LogP contribution is 2.67. The normalized spacial score (nSPS) is 49.7. The third-order valence-electron chi connectivity index (χ3n) is 2.76. The largest absolute Gasteiger partial charge is 0.456 e. The fourth-order valence-electron chi connectivity index (χ4n) is 1.89. The van der Waals surface area contributed by atoms with E-state index in [-0.39, 0.29) is 11.3 Å². The molecule has 0 aromatic heterocycles. The van der Waals surface area contributed by atoms with Crippen LogP contribution in [0.3, 0.4) is 0 Å². The van der Waals surface area contributed by atoms with Crippen LogP contribution in [-0.4, -0.2) is 27.2 Å². The van der Waals surface area contributed by atoms with Crippen molar-refractivity contribution in [3.05, 3.63) is 12.2 Å². The van der Waals surface area contributed by atoms with Crippen molar-refractivity contribution in [3.63, 3.8) is 0 Å². The highest BCUT2D eigenvalue weighted by molar-refractivity contribution is 6.50. The molecular weight excluding hydrogens is 246 g/mol. The van der Waals surface area contributed by atoms with Crippen molar-refractivity contribution in [3.8, 4) is 0 Å². The molecule has 78 valence electrons. The summed E-state index contributed by atoms with van der Waals surface area (Å²) in [5.41, 5.74) is 0. The Morgan fingerprint density at radius 2 is 2.21 bits per heavy atom. The Morgan fingerprint density at radius 1 is 1.57 bits per heavy atom. The standard InChI is InChI=1S/C9H9Cl3O2/c1-5(13)14-6-3-2-4-8(11)7(10)9(6,8)12/h2-3,6-7H,4H2,1H3/t6-,7+,8-,9+/m1/s1. The van der Waals surface area contributed by atoms with Crippen LogP contribution in [0.15, 0.2) is 12.2 Å². The molecule has 0 unspecified atom stereocenters. The highest BCUT2D eigenvalue weighted by Gasteiger charge is 2.79. The number of carbonyl (C=O) groups is 1. The molecule has 0 aromatic carbocycles. The second kappa shape index (κ2) is 3.03. The maximum absolute atomic E-state index is 10.8. The summed E-state index contributed by atoms with van der Waals surface area (Å²) < 4.78 is 5.06. The Labute approximate surface area is 97.1 Å². The molecule has 0 aliphatic heterocycles. The number of ether oxygens (including phenoxy) is 1. The van der Waals surface area contributed by atoms with Gasteiger partial charge in [0.25, 0.3) is 0 Å². The Balaban J connectivity index is 2.23. The average molecular weight is 256 g/mol. The van der Waals surface area contributed by atoms with Crippen molar-refractivity contribution in [2.24, 2.45) is 0 Å². The SMILES string of the molecule is CC(=O)O[C@@H]1C=CC[C@@]2(Cl)[C@H](Cl)[C@@]12Cl. The van der Waals surface area contributed by atoms with Crippen LogP contribution < -0.4 is 0 Å². The Kier molecular flexibility index (Phi) is 2.30. The summed E-state index contributed by atoms with van der Waals surface area (Å²) in [5.74, 6) is -0.378. The lowest BCUT2D eigenvalue weighted by molar-refractivity contribution is -0.144. The van der Waals surface area contributed by atoms with Crippen molar-refractivity contribution in [2.75, 3.05) is 0 Å². The van der Waals surface area contributed by atoms with Gasteiger partial charge in [0, 0.05) is 6.92 Å². The third-order valence-corrected chi connectivity index (χ3v) is 5.25. The first-order valence-corrected chi connectivity index (χ1v) is 5.48. The highest BCUT2D eigenvalue weighted by atomic mass is 35.5. The molecule has 2 aliphatic rings. The lowest BCUT2D eigenvalue weighted by Crippen LogP contribution is -2.35. The molecule has 5 heteroatoms.